The van der Waals surface area contributed by atoms with Crippen LogP contribution in [0.5, 0.6) is 0 Å². The third-order valence-corrected chi connectivity index (χ3v) is 5.72. The maximum absolute atomic E-state index is 13.9. The summed E-state index contributed by atoms with van der Waals surface area (Å²) in [5.41, 5.74) is 2.45. The normalized spacial score (nSPS) is 11.8. The number of nitrogens with one attached hydrogen (secondary N) is 1. The molecule has 0 heterocycles. The first-order valence-corrected chi connectivity index (χ1v) is 10.4. The van der Waals surface area contributed by atoms with Crippen LogP contribution in [-0.2, 0) is 21.9 Å². The molecule has 2 aromatic carbocycles. The molecule has 0 unspecified atom stereocenters. The number of hydrogen-bond acceptors (Lipinski definition) is 3. The molecule has 7 heteroatoms. The molecule has 0 aliphatic rings. The van der Waals surface area contributed by atoms with Gasteiger partial charge in [-0.1, -0.05) is 47.5 Å². The van der Waals surface area contributed by atoms with Gasteiger partial charge in [0, 0.05) is 29.9 Å². The highest BCUT2D eigenvalue weighted by Crippen LogP contribution is 2.24. The predicted octanol–water partition coefficient (Wildman–Crippen LogP) is 4.18. The van der Waals surface area contributed by atoms with Crippen molar-refractivity contribution in [2.45, 2.75) is 32.2 Å². The van der Waals surface area contributed by atoms with Crippen molar-refractivity contribution < 1.29 is 14.0 Å². The Kier molecular flexibility index (Phi) is 8.33. The molecule has 150 valence electrons. The van der Waals surface area contributed by atoms with Gasteiger partial charge in [0.25, 0.3) is 0 Å². The highest BCUT2D eigenvalue weighted by molar-refractivity contribution is 7.99. The van der Waals surface area contributed by atoms with E-state index in [0.29, 0.717) is 17.1 Å². The lowest BCUT2D eigenvalue weighted by atomic mass is 10.1. The van der Waals surface area contributed by atoms with Gasteiger partial charge in [0.15, 0.2) is 0 Å². The minimum Gasteiger partial charge on any atom is -0.357 e. The maximum Gasteiger partial charge on any atom is 0.242 e. The molecule has 4 nitrogen and oxygen atoms in total. The number of carbonyl (C=O) groups is 2. The topological polar surface area (TPSA) is 49.4 Å². The first kappa shape index (κ1) is 22.2. The lowest BCUT2D eigenvalue weighted by Gasteiger charge is -2.28. The van der Waals surface area contributed by atoms with Gasteiger partial charge in [-0.2, -0.15) is 0 Å². The second-order valence-electron chi connectivity index (χ2n) is 6.49. The van der Waals surface area contributed by atoms with Crippen molar-refractivity contribution in [3.05, 3.63) is 70.0 Å². The summed E-state index contributed by atoms with van der Waals surface area (Å²) < 4.78 is 13.9. The Labute approximate surface area is 174 Å². The first-order chi connectivity index (χ1) is 13.3. The fourth-order valence-corrected chi connectivity index (χ4v) is 3.92. The van der Waals surface area contributed by atoms with Crippen molar-refractivity contribution in [3.63, 3.8) is 0 Å². The number of thioether (sulfide) groups is 1. The van der Waals surface area contributed by atoms with Gasteiger partial charge in [-0.15, -0.1) is 11.8 Å². The third-order valence-electron chi connectivity index (χ3n) is 4.42. The molecule has 2 rings (SSSR count). The van der Waals surface area contributed by atoms with Gasteiger partial charge in [0.05, 0.1) is 5.75 Å². The predicted molar refractivity (Wildman–Crippen MR) is 113 cm³/mol. The van der Waals surface area contributed by atoms with E-state index < -0.39 is 6.04 Å². The summed E-state index contributed by atoms with van der Waals surface area (Å²) in [5, 5.41) is 2.93. The van der Waals surface area contributed by atoms with Gasteiger partial charge >= 0.3 is 0 Å². The molecule has 0 aliphatic carbocycles. The second kappa shape index (κ2) is 10.5. The van der Waals surface area contributed by atoms with Gasteiger partial charge in [0.2, 0.25) is 11.8 Å². The van der Waals surface area contributed by atoms with Crippen molar-refractivity contribution in [2.75, 3.05) is 12.8 Å². The van der Waals surface area contributed by atoms with E-state index in [1.165, 1.54) is 17.8 Å². The van der Waals surface area contributed by atoms with Crippen molar-refractivity contribution in [1.29, 1.82) is 0 Å². The number of benzene rings is 2. The highest BCUT2D eigenvalue weighted by atomic mass is 35.5. The van der Waals surface area contributed by atoms with Crippen molar-refractivity contribution in [2.24, 2.45) is 0 Å². The Bertz CT molecular complexity index is 809. The van der Waals surface area contributed by atoms with Crippen LogP contribution in [0.3, 0.4) is 0 Å². The zero-order valence-corrected chi connectivity index (χ0v) is 17.7. The van der Waals surface area contributed by atoms with Crippen LogP contribution in [-0.4, -0.2) is 35.6 Å². The molecule has 0 aliphatic heterocycles. The van der Waals surface area contributed by atoms with Crippen molar-refractivity contribution >= 4 is 35.2 Å². The van der Waals surface area contributed by atoms with Crippen LogP contribution < -0.4 is 5.32 Å². The molecule has 1 atom stereocenters. The molecule has 0 saturated heterocycles. The molecule has 0 spiro atoms. The second-order valence-corrected chi connectivity index (χ2v) is 7.88. The van der Waals surface area contributed by atoms with E-state index in [-0.39, 0.29) is 29.1 Å². The van der Waals surface area contributed by atoms with Gasteiger partial charge < -0.3 is 10.2 Å². The van der Waals surface area contributed by atoms with E-state index in [0.717, 1.165) is 11.1 Å². The van der Waals surface area contributed by atoms with Crippen LogP contribution in [0, 0.1) is 12.7 Å². The average molecular weight is 423 g/mol. The number of amides is 2. The molecule has 0 radical (unpaired) electrons. The summed E-state index contributed by atoms with van der Waals surface area (Å²) in [6.07, 6.45) is 0. The first-order valence-electron chi connectivity index (χ1n) is 8.90. The molecule has 28 heavy (non-hydrogen) atoms. The van der Waals surface area contributed by atoms with E-state index in [4.69, 9.17) is 11.6 Å². The summed E-state index contributed by atoms with van der Waals surface area (Å²) in [7, 11) is 1.54. The van der Waals surface area contributed by atoms with E-state index >= 15 is 0 Å². The number of nitrogens with zero attached hydrogens (tertiary/aromatic N) is 1. The molecule has 0 bridgehead atoms. The SMILES string of the molecule is CNC(=O)[C@@H](C)N(Cc1ccc(C)cc1)C(=O)CSCc1c(F)cccc1Cl. The van der Waals surface area contributed by atoms with Crippen LogP contribution in [0.25, 0.3) is 0 Å². The zero-order valence-electron chi connectivity index (χ0n) is 16.2. The average Bonchev–Trinajstić information content (AvgIpc) is 2.68. The maximum atomic E-state index is 13.9. The largest absolute Gasteiger partial charge is 0.357 e. The van der Waals surface area contributed by atoms with E-state index in [1.807, 2.05) is 31.2 Å². The zero-order chi connectivity index (χ0) is 20.7. The summed E-state index contributed by atoms with van der Waals surface area (Å²) in [6, 6.07) is 11.7. The number of aryl methyl sites for hydroxylation is 1. The van der Waals surface area contributed by atoms with Gasteiger partial charge in [-0.3, -0.25) is 9.59 Å². The molecule has 2 aromatic rings. The highest BCUT2D eigenvalue weighted by Gasteiger charge is 2.25. The van der Waals surface area contributed by atoms with E-state index in [1.54, 1.807) is 31.0 Å². The van der Waals surface area contributed by atoms with Crippen LogP contribution in [0.2, 0.25) is 5.02 Å². The number of rotatable bonds is 8. The van der Waals surface area contributed by atoms with Gasteiger partial charge in [0.1, 0.15) is 11.9 Å². The summed E-state index contributed by atoms with van der Waals surface area (Å²) in [4.78, 5) is 26.5. The van der Waals surface area contributed by atoms with Crippen LogP contribution >= 0.6 is 23.4 Å². The number of likely N-dealkylation sites (N-methyl/N-ethyl adjacent to an activating group) is 1. The minimum absolute atomic E-state index is 0.123. The number of hydrogen-bond donors (Lipinski definition) is 1. The molecular weight excluding hydrogens is 399 g/mol. The Hall–Kier alpha value is -2.05. The standard InChI is InChI=1S/C21H24ClFN2O2S/c1-14-7-9-16(10-8-14)11-25(15(2)21(27)24-3)20(26)13-28-12-17-18(22)5-4-6-19(17)23/h4-10,15H,11-13H2,1-3H3,(H,24,27)/t15-/m1/s1. The van der Waals surface area contributed by atoms with E-state index in [9.17, 15) is 14.0 Å². The van der Waals surface area contributed by atoms with Crippen LogP contribution in [0.1, 0.15) is 23.6 Å². The molecule has 0 fully saturated rings. The third kappa shape index (κ3) is 5.97. The smallest absolute Gasteiger partial charge is 0.242 e. The van der Waals surface area contributed by atoms with E-state index in [2.05, 4.69) is 5.32 Å². The molecular formula is C21H24ClFN2O2S. The quantitative estimate of drug-likeness (QED) is 0.694. The molecule has 0 saturated carbocycles. The Morgan fingerprint density at radius 2 is 1.89 bits per heavy atom. The number of carbonyl (C=O) groups excluding carboxylic acids is 2. The summed E-state index contributed by atoms with van der Waals surface area (Å²) in [5.74, 6) is -0.401. The molecule has 0 aromatic heterocycles. The lowest BCUT2D eigenvalue weighted by molar-refractivity contribution is -0.138. The van der Waals surface area contributed by atoms with Crippen LogP contribution in [0.15, 0.2) is 42.5 Å². The van der Waals surface area contributed by atoms with Gasteiger partial charge in [-0.05, 0) is 31.5 Å². The monoisotopic (exact) mass is 422 g/mol. The van der Waals surface area contributed by atoms with Crippen molar-refractivity contribution in [1.82, 2.24) is 10.2 Å². The minimum atomic E-state index is -0.614. The fourth-order valence-electron chi connectivity index (χ4n) is 2.68. The van der Waals surface area contributed by atoms with Crippen molar-refractivity contribution in [3.8, 4) is 0 Å². The lowest BCUT2D eigenvalue weighted by Crippen LogP contribution is -2.47. The Morgan fingerprint density at radius 3 is 2.50 bits per heavy atom. The molecule has 2 amide bonds. The molecule has 1 N–H and O–H groups in total. The number of halogens is 2. The summed E-state index contributed by atoms with van der Waals surface area (Å²) in [6.45, 7) is 4.02. The fraction of sp³-hybridized carbons (Fsp3) is 0.333. The Balaban J connectivity index is 2.07. The summed E-state index contributed by atoms with van der Waals surface area (Å²) >= 11 is 7.31. The van der Waals surface area contributed by atoms with Gasteiger partial charge in [-0.25, -0.2) is 4.39 Å². The Morgan fingerprint density at radius 1 is 1.21 bits per heavy atom. The van der Waals surface area contributed by atoms with Crippen LogP contribution in [0.4, 0.5) is 4.39 Å².